The van der Waals surface area contributed by atoms with Gasteiger partial charge in [-0.15, -0.1) is 12.4 Å². The van der Waals surface area contributed by atoms with E-state index in [0.717, 1.165) is 47.5 Å². The Balaban J connectivity index is 0.00000342. The van der Waals surface area contributed by atoms with E-state index in [1.54, 1.807) is 7.11 Å². The number of rotatable bonds is 7. The van der Waals surface area contributed by atoms with Crippen molar-refractivity contribution in [2.24, 2.45) is 0 Å². The van der Waals surface area contributed by atoms with Crippen LogP contribution >= 0.6 is 12.4 Å². The first-order valence-corrected chi connectivity index (χ1v) is 12.2. The van der Waals surface area contributed by atoms with Crippen LogP contribution in [0.25, 0.3) is 0 Å². The molecule has 0 aliphatic heterocycles. The largest absolute Gasteiger partial charge is 0.497 e. The molecule has 4 rings (SSSR count). The minimum absolute atomic E-state index is 0. The van der Waals surface area contributed by atoms with Crippen molar-refractivity contribution in [1.82, 2.24) is 0 Å². The van der Waals surface area contributed by atoms with E-state index in [2.05, 4.69) is 79.4 Å². The molecule has 0 N–H and O–H groups in total. The van der Waals surface area contributed by atoms with Crippen LogP contribution in [0, 0.1) is 0 Å². The van der Waals surface area contributed by atoms with Crippen molar-refractivity contribution in [3.05, 3.63) is 89.0 Å². The van der Waals surface area contributed by atoms with Gasteiger partial charge in [-0.05, 0) is 83.8 Å². The number of halogens is 1. The molecular formula is C30H37ClN2O2. The van der Waals surface area contributed by atoms with Crippen molar-refractivity contribution >= 4 is 29.7 Å². The molecule has 186 valence electrons. The van der Waals surface area contributed by atoms with E-state index < -0.39 is 0 Å². The van der Waals surface area contributed by atoms with Crippen LogP contribution in [0.2, 0.25) is 0 Å². The average molecular weight is 493 g/mol. The molecule has 5 heteroatoms. The van der Waals surface area contributed by atoms with Crippen LogP contribution in [0.4, 0.5) is 11.4 Å². The number of carbonyl (C=O) groups excluding carboxylic acids is 1. The second kappa shape index (κ2) is 11.6. The third-order valence-electron chi connectivity index (χ3n) is 6.90. The number of ether oxygens (including phenoxy) is 1. The highest BCUT2D eigenvalue weighted by Gasteiger charge is 2.31. The van der Waals surface area contributed by atoms with Crippen LogP contribution in [0.5, 0.6) is 5.75 Å². The molecule has 35 heavy (non-hydrogen) atoms. The monoisotopic (exact) mass is 492 g/mol. The second-order valence-electron chi connectivity index (χ2n) is 9.74. The zero-order valence-electron chi connectivity index (χ0n) is 21.5. The molecule has 0 unspecified atom stereocenters. The molecule has 0 spiro atoms. The molecule has 0 saturated heterocycles. The lowest BCUT2D eigenvalue weighted by atomic mass is 9.81. The summed E-state index contributed by atoms with van der Waals surface area (Å²) in [4.78, 5) is 18.2. The summed E-state index contributed by atoms with van der Waals surface area (Å²) in [7, 11) is 5.76. The Bertz CT molecular complexity index is 1120. The maximum atomic E-state index is 14.1. The first kappa shape index (κ1) is 26.6. The summed E-state index contributed by atoms with van der Waals surface area (Å²) in [5.41, 5.74) is 6.86. The quantitative estimate of drug-likeness (QED) is 0.357. The van der Waals surface area contributed by atoms with Gasteiger partial charge in [-0.2, -0.15) is 0 Å². The van der Waals surface area contributed by atoms with Crippen LogP contribution in [0.1, 0.15) is 60.8 Å². The first-order chi connectivity index (χ1) is 16.4. The molecule has 3 aromatic rings. The molecule has 1 aliphatic carbocycles. The Morgan fingerprint density at radius 3 is 2.23 bits per heavy atom. The number of carbonyl (C=O) groups is 1. The van der Waals surface area contributed by atoms with Gasteiger partial charge in [-0.3, -0.25) is 4.79 Å². The molecule has 1 amide bonds. The number of benzene rings is 3. The number of hydrogen-bond donors (Lipinski definition) is 0. The molecule has 3 aromatic carbocycles. The van der Waals surface area contributed by atoms with Crippen molar-refractivity contribution in [3.8, 4) is 5.75 Å². The maximum Gasteiger partial charge on any atom is 0.234 e. The van der Waals surface area contributed by atoms with Gasteiger partial charge in [0.1, 0.15) is 5.75 Å². The summed E-state index contributed by atoms with van der Waals surface area (Å²) in [5, 5.41) is 0. The fourth-order valence-electron chi connectivity index (χ4n) is 4.77. The molecule has 0 aromatic heterocycles. The van der Waals surface area contributed by atoms with Gasteiger partial charge in [0, 0.05) is 25.5 Å². The van der Waals surface area contributed by atoms with Crippen LogP contribution in [-0.2, 0) is 17.8 Å². The third-order valence-corrected chi connectivity index (χ3v) is 6.90. The Morgan fingerprint density at radius 1 is 0.971 bits per heavy atom. The molecule has 0 heterocycles. The molecular weight excluding hydrogens is 456 g/mol. The van der Waals surface area contributed by atoms with Crippen LogP contribution in [0.15, 0.2) is 66.7 Å². The summed E-state index contributed by atoms with van der Waals surface area (Å²) >= 11 is 0. The Kier molecular flexibility index (Phi) is 8.85. The van der Waals surface area contributed by atoms with Crippen LogP contribution in [-0.4, -0.2) is 27.1 Å². The number of methoxy groups -OCH3 is 1. The molecule has 0 bridgehead atoms. The van der Waals surface area contributed by atoms with E-state index in [9.17, 15) is 4.79 Å². The van der Waals surface area contributed by atoms with Crippen LogP contribution in [0.3, 0.4) is 0 Å². The number of hydrogen-bond acceptors (Lipinski definition) is 3. The fourth-order valence-corrected chi connectivity index (χ4v) is 4.77. The number of anilines is 2. The number of nitrogens with zero attached hydrogens (tertiary/aromatic N) is 2. The summed E-state index contributed by atoms with van der Waals surface area (Å²) in [6.45, 7) is 4.93. The molecule has 1 aliphatic rings. The lowest BCUT2D eigenvalue weighted by Crippen LogP contribution is -2.36. The highest BCUT2D eigenvalue weighted by atomic mass is 35.5. The van der Waals surface area contributed by atoms with Gasteiger partial charge in [-0.25, -0.2) is 0 Å². The van der Waals surface area contributed by atoms with Gasteiger partial charge in [0.2, 0.25) is 5.91 Å². The molecule has 0 radical (unpaired) electrons. The van der Waals surface area contributed by atoms with Gasteiger partial charge >= 0.3 is 0 Å². The van der Waals surface area contributed by atoms with Crippen LogP contribution < -0.4 is 14.5 Å². The van der Waals surface area contributed by atoms with E-state index >= 15 is 0 Å². The number of amides is 1. The SMILES string of the molecule is COc1ccc2c(c1)[C@H](C(=O)N(Cc1ccc(N(C)C)cc1)c1ccc(C(C)C)cc1)CCC2.Cl. The topological polar surface area (TPSA) is 32.8 Å². The van der Waals surface area contributed by atoms with E-state index in [-0.39, 0.29) is 24.2 Å². The normalized spacial score (nSPS) is 14.6. The van der Waals surface area contributed by atoms with Gasteiger partial charge < -0.3 is 14.5 Å². The van der Waals surface area contributed by atoms with E-state index in [0.29, 0.717) is 12.5 Å². The molecule has 4 nitrogen and oxygen atoms in total. The zero-order valence-corrected chi connectivity index (χ0v) is 22.3. The summed E-state index contributed by atoms with van der Waals surface area (Å²) in [5.74, 6) is 1.26. The summed E-state index contributed by atoms with van der Waals surface area (Å²) in [6, 6.07) is 23.1. The third kappa shape index (κ3) is 5.99. The van der Waals surface area contributed by atoms with Crippen molar-refractivity contribution in [1.29, 1.82) is 0 Å². The average Bonchev–Trinajstić information content (AvgIpc) is 2.86. The van der Waals surface area contributed by atoms with Gasteiger partial charge in [-0.1, -0.05) is 44.2 Å². The lowest BCUT2D eigenvalue weighted by molar-refractivity contribution is -0.120. The minimum Gasteiger partial charge on any atom is -0.497 e. The predicted molar refractivity (Wildman–Crippen MR) is 148 cm³/mol. The van der Waals surface area contributed by atoms with E-state index in [1.165, 1.54) is 11.1 Å². The molecule has 0 saturated carbocycles. The predicted octanol–water partition coefficient (Wildman–Crippen LogP) is 6.96. The highest BCUT2D eigenvalue weighted by Crippen LogP contribution is 2.37. The number of aryl methyl sites for hydroxylation is 1. The van der Waals surface area contributed by atoms with Crippen molar-refractivity contribution < 1.29 is 9.53 Å². The van der Waals surface area contributed by atoms with E-state index in [1.807, 2.05) is 25.1 Å². The number of fused-ring (bicyclic) bond motifs is 1. The Hall–Kier alpha value is -2.98. The Morgan fingerprint density at radius 2 is 1.63 bits per heavy atom. The Labute approximate surface area is 216 Å². The first-order valence-electron chi connectivity index (χ1n) is 12.2. The summed E-state index contributed by atoms with van der Waals surface area (Å²) in [6.07, 6.45) is 2.89. The smallest absolute Gasteiger partial charge is 0.234 e. The van der Waals surface area contributed by atoms with Gasteiger partial charge in [0.25, 0.3) is 0 Å². The maximum absolute atomic E-state index is 14.1. The van der Waals surface area contributed by atoms with Gasteiger partial charge in [0.05, 0.1) is 19.6 Å². The highest BCUT2D eigenvalue weighted by molar-refractivity contribution is 5.98. The van der Waals surface area contributed by atoms with E-state index in [4.69, 9.17) is 4.74 Å². The van der Waals surface area contributed by atoms with Crippen molar-refractivity contribution in [2.75, 3.05) is 31.0 Å². The fraction of sp³-hybridized carbons (Fsp3) is 0.367. The molecule has 0 fully saturated rings. The van der Waals surface area contributed by atoms with Crippen molar-refractivity contribution in [2.45, 2.75) is 51.5 Å². The molecule has 1 atom stereocenters. The second-order valence-corrected chi connectivity index (χ2v) is 9.74. The van der Waals surface area contributed by atoms with Gasteiger partial charge in [0.15, 0.2) is 0 Å². The lowest BCUT2D eigenvalue weighted by Gasteiger charge is -2.31. The zero-order chi connectivity index (χ0) is 24.2. The standard InChI is InChI=1S/C30H36N2O2.ClH/c1-21(2)23-11-16-26(17-12-23)32(20-22-9-14-25(15-10-22)31(3)4)30(33)28-8-6-7-24-13-18-27(34-5)19-29(24)28;/h9-19,21,28H,6-8,20H2,1-5H3;1H/t28-;/m1./s1. The summed E-state index contributed by atoms with van der Waals surface area (Å²) < 4.78 is 5.49. The van der Waals surface area contributed by atoms with Crippen molar-refractivity contribution in [3.63, 3.8) is 0 Å². The minimum atomic E-state index is -0.162.